The standard InChI is InChI=1S/2C8H16O2.Pd/c2*1-2-3-4-5-6-7-8(9)10;/h2*2-7H2,1H3,(H,9,10);. The Bertz CT molecular complexity index is 208. The molecular weight excluding hydrogens is 363 g/mol. The first-order valence-corrected chi connectivity index (χ1v) is 7.98. The van der Waals surface area contributed by atoms with E-state index in [2.05, 4.69) is 13.8 Å². The van der Waals surface area contributed by atoms with Crippen LogP contribution in [0.25, 0.3) is 0 Å². The van der Waals surface area contributed by atoms with Crippen LogP contribution in [0, 0.1) is 0 Å². The van der Waals surface area contributed by atoms with Crippen molar-refractivity contribution in [3.63, 3.8) is 0 Å². The third-order valence-electron chi connectivity index (χ3n) is 2.99. The Morgan fingerprint density at radius 3 is 1.14 bits per heavy atom. The number of rotatable bonds is 12. The molecular formula is C16H32O4Pd. The van der Waals surface area contributed by atoms with Crippen LogP contribution in [0.3, 0.4) is 0 Å². The van der Waals surface area contributed by atoms with E-state index < -0.39 is 11.9 Å². The molecule has 0 bridgehead atoms. The summed E-state index contributed by atoms with van der Waals surface area (Å²) in [6, 6.07) is 0. The molecule has 0 saturated heterocycles. The summed E-state index contributed by atoms with van der Waals surface area (Å²) in [6.07, 6.45) is 11.8. The zero-order valence-electron chi connectivity index (χ0n) is 13.5. The second-order valence-electron chi connectivity index (χ2n) is 5.12. The van der Waals surface area contributed by atoms with E-state index in [9.17, 15) is 9.59 Å². The predicted octanol–water partition coefficient (Wildman–Crippen LogP) is 4.86. The van der Waals surface area contributed by atoms with Crippen molar-refractivity contribution in [3.8, 4) is 0 Å². The molecule has 0 aromatic carbocycles. The van der Waals surface area contributed by atoms with E-state index >= 15 is 0 Å². The number of hydrogen-bond donors (Lipinski definition) is 2. The average molecular weight is 395 g/mol. The minimum absolute atomic E-state index is 0. The van der Waals surface area contributed by atoms with Gasteiger partial charge >= 0.3 is 11.9 Å². The van der Waals surface area contributed by atoms with Crippen LogP contribution in [0.2, 0.25) is 0 Å². The first-order chi connectivity index (χ1) is 9.54. The quantitative estimate of drug-likeness (QED) is 0.366. The summed E-state index contributed by atoms with van der Waals surface area (Å²) < 4.78 is 0. The van der Waals surface area contributed by atoms with Gasteiger partial charge in [-0.05, 0) is 12.8 Å². The van der Waals surface area contributed by atoms with Crippen molar-refractivity contribution < 1.29 is 40.2 Å². The van der Waals surface area contributed by atoms with E-state index in [0.29, 0.717) is 12.8 Å². The van der Waals surface area contributed by atoms with Crippen LogP contribution in [0.1, 0.15) is 90.9 Å². The molecule has 0 aliphatic rings. The van der Waals surface area contributed by atoms with Gasteiger partial charge in [-0.15, -0.1) is 0 Å². The monoisotopic (exact) mass is 394 g/mol. The molecule has 0 radical (unpaired) electrons. The summed E-state index contributed by atoms with van der Waals surface area (Å²) in [5.41, 5.74) is 0. The van der Waals surface area contributed by atoms with Gasteiger partial charge < -0.3 is 10.2 Å². The molecule has 0 atom stereocenters. The SMILES string of the molecule is CCCCCCCC(=O)O.CCCCCCCC(=O)O.[Pd]. The Hall–Kier alpha value is -0.398. The van der Waals surface area contributed by atoms with E-state index in [-0.39, 0.29) is 20.4 Å². The summed E-state index contributed by atoms with van der Waals surface area (Å²) >= 11 is 0. The topological polar surface area (TPSA) is 74.6 Å². The number of carbonyl (C=O) groups is 2. The molecule has 0 saturated carbocycles. The molecule has 0 aliphatic heterocycles. The van der Waals surface area contributed by atoms with E-state index in [0.717, 1.165) is 25.7 Å². The van der Waals surface area contributed by atoms with Crippen LogP contribution >= 0.6 is 0 Å². The minimum atomic E-state index is -0.670. The number of carboxylic acid groups (broad SMARTS) is 2. The van der Waals surface area contributed by atoms with Crippen LogP contribution < -0.4 is 0 Å². The maximum Gasteiger partial charge on any atom is 0.303 e. The Kier molecular flexibility index (Phi) is 26.6. The van der Waals surface area contributed by atoms with Crippen molar-refractivity contribution in [2.24, 2.45) is 0 Å². The number of hydrogen-bond acceptors (Lipinski definition) is 2. The second-order valence-corrected chi connectivity index (χ2v) is 5.12. The maximum absolute atomic E-state index is 10.0. The van der Waals surface area contributed by atoms with Crippen molar-refractivity contribution in [2.45, 2.75) is 90.9 Å². The molecule has 0 aliphatic carbocycles. The van der Waals surface area contributed by atoms with E-state index in [4.69, 9.17) is 10.2 Å². The molecule has 0 heterocycles. The summed E-state index contributed by atoms with van der Waals surface area (Å²) in [5, 5.41) is 16.5. The van der Waals surface area contributed by atoms with Crippen LogP contribution in [-0.2, 0) is 30.0 Å². The van der Waals surface area contributed by atoms with Crippen LogP contribution in [0.5, 0.6) is 0 Å². The zero-order chi connectivity index (χ0) is 15.6. The average Bonchev–Trinajstić information content (AvgIpc) is 2.38. The van der Waals surface area contributed by atoms with E-state index in [1.165, 1.54) is 38.5 Å². The van der Waals surface area contributed by atoms with Gasteiger partial charge in [-0.1, -0.05) is 65.2 Å². The molecule has 0 rings (SSSR count). The molecule has 0 aromatic rings. The van der Waals surface area contributed by atoms with Crippen molar-refractivity contribution >= 4 is 11.9 Å². The third-order valence-corrected chi connectivity index (χ3v) is 2.99. The van der Waals surface area contributed by atoms with Gasteiger partial charge in [0.15, 0.2) is 0 Å². The maximum atomic E-state index is 10.0. The molecule has 130 valence electrons. The molecule has 0 unspecified atom stereocenters. The Labute approximate surface area is 143 Å². The fraction of sp³-hybridized carbons (Fsp3) is 0.875. The number of aliphatic carboxylic acids is 2. The molecule has 0 aromatic heterocycles. The first kappa shape index (κ1) is 25.6. The minimum Gasteiger partial charge on any atom is -0.481 e. The summed E-state index contributed by atoms with van der Waals surface area (Å²) in [5.74, 6) is -1.34. The molecule has 0 fully saturated rings. The first-order valence-electron chi connectivity index (χ1n) is 7.98. The second kappa shape index (κ2) is 21.9. The van der Waals surface area contributed by atoms with Gasteiger partial charge in [0.1, 0.15) is 0 Å². The molecule has 4 nitrogen and oxygen atoms in total. The largest absolute Gasteiger partial charge is 0.481 e. The summed E-state index contributed by atoms with van der Waals surface area (Å²) in [7, 11) is 0. The molecule has 21 heavy (non-hydrogen) atoms. The van der Waals surface area contributed by atoms with E-state index in [1.54, 1.807) is 0 Å². The summed E-state index contributed by atoms with van der Waals surface area (Å²) in [4.78, 5) is 20.1. The molecule has 2 N–H and O–H groups in total. The number of carboxylic acids is 2. The summed E-state index contributed by atoms with van der Waals surface area (Å²) in [6.45, 7) is 4.30. The van der Waals surface area contributed by atoms with Crippen LogP contribution in [0.4, 0.5) is 0 Å². The Morgan fingerprint density at radius 1 is 0.619 bits per heavy atom. The Morgan fingerprint density at radius 2 is 0.905 bits per heavy atom. The van der Waals surface area contributed by atoms with Gasteiger partial charge in [-0.2, -0.15) is 0 Å². The smallest absolute Gasteiger partial charge is 0.303 e. The van der Waals surface area contributed by atoms with Gasteiger partial charge in [0.25, 0.3) is 0 Å². The normalized spacial score (nSPS) is 9.24. The molecule has 0 spiro atoms. The van der Waals surface area contributed by atoms with Gasteiger partial charge in [-0.3, -0.25) is 9.59 Å². The molecule has 5 heteroatoms. The third kappa shape index (κ3) is 32.8. The Balaban J connectivity index is -0.000000295. The van der Waals surface area contributed by atoms with Gasteiger partial charge in [0, 0.05) is 33.3 Å². The van der Waals surface area contributed by atoms with Gasteiger partial charge in [-0.25, -0.2) is 0 Å². The van der Waals surface area contributed by atoms with Crippen molar-refractivity contribution in [1.82, 2.24) is 0 Å². The fourth-order valence-corrected chi connectivity index (χ4v) is 1.76. The van der Waals surface area contributed by atoms with Crippen molar-refractivity contribution in [2.75, 3.05) is 0 Å². The predicted molar refractivity (Wildman–Crippen MR) is 82.0 cm³/mol. The number of unbranched alkanes of at least 4 members (excludes halogenated alkanes) is 8. The van der Waals surface area contributed by atoms with Crippen LogP contribution in [-0.4, -0.2) is 22.2 Å². The fourth-order valence-electron chi connectivity index (χ4n) is 1.76. The van der Waals surface area contributed by atoms with Crippen molar-refractivity contribution in [1.29, 1.82) is 0 Å². The van der Waals surface area contributed by atoms with Crippen molar-refractivity contribution in [3.05, 3.63) is 0 Å². The molecule has 0 amide bonds. The van der Waals surface area contributed by atoms with Crippen LogP contribution in [0.15, 0.2) is 0 Å². The zero-order valence-corrected chi connectivity index (χ0v) is 15.1. The van der Waals surface area contributed by atoms with Gasteiger partial charge in [0.05, 0.1) is 0 Å². The van der Waals surface area contributed by atoms with E-state index in [1.807, 2.05) is 0 Å². The van der Waals surface area contributed by atoms with Gasteiger partial charge in [0.2, 0.25) is 0 Å².